The van der Waals surface area contributed by atoms with E-state index in [1.54, 1.807) is 0 Å². The Morgan fingerprint density at radius 2 is 2.06 bits per heavy atom. The molecule has 17 heavy (non-hydrogen) atoms. The summed E-state index contributed by atoms with van der Waals surface area (Å²) in [5.74, 6) is 0.614. The fourth-order valence-corrected chi connectivity index (χ4v) is 2.65. The molecule has 1 aliphatic carbocycles. The summed E-state index contributed by atoms with van der Waals surface area (Å²) in [7, 11) is 0. The van der Waals surface area contributed by atoms with Crippen LogP contribution in [0.4, 0.5) is 0 Å². The fraction of sp³-hybridized carbons (Fsp3) is 0.312. The van der Waals surface area contributed by atoms with Crippen LogP contribution in [0.25, 0.3) is 10.9 Å². The number of aryl methyl sites for hydroxylation is 1. The van der Waals surface area contributed by atoms with Gasteiger partial charge in [0.25, 0.3) is 0 Å². The van der Waals surface area contributed by atoms with Crippen LogP contribution in [0.15, 0.2) is 42.5 Å². The molecule has 0 radical (unpaired) electrons. The van der Waals surface area contributed by atoms with Crippen molar-refractivity contribution in [2.45, 2.75) is 32.1 Å². The van der Waals surface area contributed by atoms with Crippen molar-refractivity contribution in [2.75, 3.05) is 0 Å². The first-order chi connectivity index (χ1) is 8.34. The summed E-state index contributed by atoms with van der Waals surface area (Å²) >= 11 is 0. The Bertz CT molecular complexity index is 569. The molecular formula is C16H17N. The van der Waals surface area contributed by atoms with Crippen LogP contribution in [0.1, 0.15) is 36.4 Å². The second-order valence-corrected chi connectivity index (χ2v) is 4.86. The van der Waals surface area contributed by atoms with Crippen molar-refractivity contribution in [1.29, 1.82) is 0 Å². The van der Waals surface area contributed by atoms with E-state index in [2.05, 4.69) is 49.4 Å². The fourth-order valence-electron chi connectivity index (χ4n) is 2.65. The maximum absolute atomic E-state index is 4.83. The lowest BCUT2D eigenvalue weighted by Crippen LogP contribution is -2.04. The summed E-state index contributed by atoms with van der Waals surface area (Å²) in [5, 5.41) is 1.28. The van der Waals surface area contributed by atoms with Gasteiger partial charge in [-0.25, -0.2) is 0 Å². The van der Waals surface area contributed by atoms with E-state index in [-0.39, 0.29) is 0 Å². The molecule has 0 bridgehead atoms. The van der Waals surface area contributed by atoms with E-state index in [0.29, 0.717) is 5.92 Å². The summed E-state index contributed by atoms with van der Waals surface area (Å²) in [4.78, 5) is 4.83. The summed E-state index contributed by atoms with van der Waals surface area (Å²) < 4.78 is 0. The van der Waals surface area contributed by atoms with Gasteiger partial charge in [0.1, 0.15) is 0 Å². The number of hydrogen-bond donors (Lipinski definition) is 0. The van der Waals surface area contributed by atoms with E-state index >= 15 is 0 Å². The summed E-state index contributed by atoms with van der Waals surface area (Å²) in [5.41, 5.74) is 3.75. The van der Waals surface area contributed by atoms with E-state index in [4.69, 9.17) is 4.98 Å². The maximum atomic E-state index is 4.83. The number of allylic oxidation sites excluding steroid dienone is 2. The molecule has 0 amide bonds. The number of aromatic nitrogens is 1. The second kappa shape index (κ2) is 4.33. The average molecular weight is 223 g/mol. The Labute approximate surface area is 102 Å². The largest absolute Gasteiger partial charge is 0.253 e. The number of benzene rings is 1. The molecule has 0 aliphatic heterocycles. The molecule has 1 heterocycles. The van der Waals surface area contributed by atoms with Crippen LogP contribution in [0, 0.1) is 6.92 Å². The number of hydrogen-bond acceptors (Lipinski definition) is 1. The van der Waals surface area contributed by atoms with Gasteiger partial charge in [0.15, 0.2) is 0 Å². The van der Waals surface area contributed by atoms with Crippen molar-refractivity contribution in [3.63, 3.8) is 0 Å². The smallest absolute Gasteiger partial charge is 0.0708 e. The molecular weight excluding hydrogens is 206 g/mol. The van der Waals surface area contributed by atoms with Crippen LogP contribution in [-0.2, 0) is 0 Å². The first kappa shape index (κ1) is 10.5. The molecule has 1 heteroatoms. The number of nitrogens with zero attached hydrogens (tertiary/aromatic N) is 1. The van der Waals surface area contributed by atoms with Gasteiger partial charge in [-0.15, -0.1) is 0 Å². The predicted molar refractivity (Wildman–Crippen MR) is 72.2 cm³/mol. The molecule has 0 N–H and O–H groups in total. The van der Waals surface area contributed by atoms with Crippen molar-refractivity contribution in [2.24, 2.45) is 0 Å². The van der Waals surface area contributed by atoms with Crippen LogP contribution in [0.2, 0.25) is 0 Å². The quantitative estimate of drug-likeness (QED) is 0.654. The summed E-state index contributed by atoms with van der Waals surface area (Å²) in [6, 6.07) is 10.7. The Morgan fingerprint density at radius 3 is 2.88 bits per heavy atom. The number of fused-ring (bicyclic) bond motifs is 1. The standard InChI is InChI=1S/C16H17N/c1-12-11-16(13-7-3-2-4-8-13)17-15-10-6-5-9-14(12)15/h2-3,5-6,9-11,13H,4,7-8H2,1H3. The van der Waals surface area contributed by atoms with Crippen LogP contribution >= 0.6 is 0 Å². The van der Waals surface area contributed by atoms with Gasteiger partial charge >= 0.3 is 0 Å². The Kier molecular flexibility index (Phi) is 2.68. The molecule has 86 valence electrons. The molecule has 0 spiro atoms. The third kappa shape index (κ3) is 1.97. The molecule has 1 unspecified atom stereocenters. The van der Waals surface area contributed by atoms with Gasteiger partial charge in [-0.1, -0.05) is 30.4 Å². The Hall–Kier alpha value is -1.63. The molecule has 1 nitrogen and oxygen atoms in total. The zero-order chi connectivity index (χ0) is 11.7. The van der Waals surface area contributed by atoms with Crippen LogP contribution in [0.3, 0.4) is 0 Å². The summed E-state index contributed by atoms with van der Waals surface area (Å²) in [6.07, 6.45) is 8.15. The van der Waals surface area contributed by atoms with E-state index in [1.807, 2.05) is 0 Å². The average Bonchev–Trinajstić information content (AvgIpc) is 2.40. The third-order valence-corrected chi connectivity index (χ3v) is 3.63. The van der Waals surface area contributed by atoms with Crippen molar-refractivity contribution in [3.05, 3.63) is 53.7 Å². The second-order valence-electron chi connectivity index (χ2n) is 4.86. The molecule has 3 rings (SSSR count). The lowest BCUT2D eigenvalue weighted by Gasteiger charge is -2.18. The van der Waals surface area contributed by atoms with Gasteiger partial charge in [-0.3, -0.25) is 4.98 Å². The Balaban J connectivity index is 2.08. The van der Waals surface area contributed by atoms with Gasteiger partial charge in [-0.2, -0.15) is 0 Å². The predicted octanol–water partition coefficient (Wildman–Crippen LogP) is 4.37. The monoisotopic (exact) mass is 223 g/mol. The minimum atomic E-state index is 0.614. The molecule has 2 aromatic rings. The highest BCUT2D eigenvalue weighted by Crippen LogP contribution is 2.30. The van der Waals surface area contributed by atoms with Crippen LogP contribution in [0.5, 0.6) is 0 Å². The van der Waals surface area contributed by atoms with E-state index < -0.39 is 0 Å². The van der Waals surface area contributed by atoms with Gasteiger partial charge in [0.05, 0.1) is 5.52 Å². The topological polar surface area (TPSA) is 12.9 Å². The lowest BCUT2D eigenvalue weighted by atomic mass is 9.90. The van der Waals surface area contributed by atoms with Gasteiger partial charge in [0.2, 0.25) is 0 Å². The maximum Gasteiger partial charge on any atom is 0.0708 e. The molecule has 1 aromatic carbocycles. The normalized spacial score (nSPS) is 19.7. The van der Waals surface area contributed by atoms with Gasteiger partial charge in [0, 0.05) is 17.0 Å². The molecule has 1 atom stereocenters. The number of para-hydroxylation sites is 1. The molecule has 0 saturated heterocycles. The zero-order valence-corrected chi connectivity index (χ0v) is 10.2. The number of rotatable bonds is 1. The highest BCUT2D eigenvalue weighted by atomic mass is 14.7. The first-order valence-corrected chi connectivity index (χ1v) is 6.36. The van der Waals surface area contributed by atoms with Gasteiger partial charge < -0.3 is 0 Å². The highest BCUT2D eigenvalue weighted by Gasteiger charge is 2.14. The van der Waals surface area contributed by atoms with E-state index in [9.17, 15) is 0 Å². The van der Waals surface area contributed by atoms with Crippen molar-refractivity contribution in [1.82, 2.24) is 4.98 Å². The van der Waals surface area contributed by atoms with Crippen molar-refractivity contribution >= 4 is 10.9 Å². The molecule has 1 aromatic heterocycles. The minimum Gasteiger partial charge on any atom is -0.253 e. The van der Waals surface area contributed by atoms with Crippen LogP contribution < -0.4 is 0 Å². The zero-order valence-electron chi connectivity index (χ0n) is 10.2. The van der Waals surface area contributed by atoms with E-state index in [1.165, 1.54) is 29.5 Å². The third-order valence-electron chi connectivity index (χ3n) is 3.63. The van der Waals surface area contributed by atoms with Crippen molar-refractivity contribution in [3.8, 4) is 0 Å². The SMILES string of the molecule is Cc1cc(C2CC=CCC2)nc2ccccc12. The minimum absolute atomic E-state index is 0.614. The van der Waals surface area contributed by atoms with Crippen LogP contribution in [-0.4, -0.2) is 4.98 Å². The molecule has 1 aliphatic rings. The first-order valence-electron chi connectivity index (χ1n) is 6.36. The van der Waals surface area contributed by atoms with E-state index in [0.717, 1.165) is 11.9 Å². The lowest BCUT2D eigenvalue weighted by molar-refractivity contribution is 0.603. The molecule has 0 saturated carbocycles. The summed E-state index contributed by atoms with van der Waals surface area (Å²) in [6.45, 7) is 2.19. The van der Waals surface area contributed by atoms with Crippen molar-refractivity contribution < 1.29 is 0 Å². The Morgan fingerprint density at radius 1 is 1.18 bits per heavy atom. The number of pyridine rings is 1. The highest BCUT2D eigenvalue weighted by molar-refractivity contribution is 5.82. The van der Waals surface area contributed by atoms with Gasteiger partial charge in [-0.05, 0) is 43.9 Å². The molecule has 0 fully saturated rings.